The summed E-state index contributed by atoms with van der Waals surface area (Å²) < 4.78 is 27.4. The number of H-pyrrole nitrogens is 1. The average molecular weight is 303 g/mol. The molecule has 3 N–H and O–H groups in total. The highest BCUT2D eigenvalue weighted by atomic mass is 79.9. The number of nitrogens with two attached hydrogens (primary N) is 1. The van der Waals surface area contributed by atoms with Gasteiger partial charge in [0.25, 0.3) is 0 Å². The Morgan fingerprint density at radius 3 is 2.35 bits per heavy atom. The zero-order chi connectivity index (χ0) is 12.6. The van der Waals surface area contributed by atoms with Crippen LogP contribution in [0.2, 0.25) is 0 Å². The van der Waals surface area contributed by atoms with Crippen LogP contribution in [0.5, 0.6) is 0 Å². The molecule has 0 radical (unpaired) electrons. The van der Waals surface area contributed by atoms with Gasteiger partial charge in [-0.25, -0.2) is 13.6 Å². The standard InChI is InChI=1S/C9H5BrF2N4O/c10-3-1-4(11)6(5(12)2-3)7-14-8(13)16-9(17)15-7/h1-2H,(H3,13,14,15,16,17). The molecule has 1 aromatic carbocycles. The molecule has 0 aliphatic rings. The molecule has 0 unspecified atom stereocenters. The van der Waals surface area contributed by atoms with Gasteiger partial charge in [-0.2, -0.15) is 9.97 Å². The molecule has 0 fully saturated rings. The van der Waals surface area contributed by atoms with Crippen molar-refractivity contribution in [3.8, 4) is 11.4 Å². The van der Waals surface area contributed by atoms with Gasteiger partial charge < -0.3 is 5.73 Å². The summed E-state index contributed by atoms with van der Waals surface area (Å²) in [5, 5.41) is 0. The van der Waals surface area contributed by atoms with Crippen LogP contribution in [-0.4, -0.2) is 15.0 Å². The summed E-state index contributed by atoms with van der Waals surface area (Å²) in [5.74, 6) is -2.40. The maximum Gasteiger partial charge on any atom is 0.349 e. The Balaban J connectivity index is 2.72. The zero-order valence-corrected chi connectivity index (χ0v) is 9.75. The minimum atomic E-state index is -0.870. The molecule has 88 valence electrons. The zero-order valence-electron chi connectivity index (χ0n) is 8.17. The molecule has 1 heterocycles. The minimum Gasteiger partial charge on any atom is -0.368 e. The van der Waals surface area contributed by atoms with Gasteiger partial charge in [-0.1, -0.05) is 15.9 Å². The summed E-state index contributed by atoms with van der Waals surface area (Å²) in [4.78, 5) is 20.0. The molecule has 0 spiro atoms. The Labute approximate surface area is 102 Å². The second-order valence-electron chi connectivity index (χ2n) is 3.11. The topological polar surface area (TPSA) is 84.7 Å². The molecule has 2 rings (SSSR count). The van der Waals surface area contributed by atoms with Crippen molar-refractivity contribution >= 4 is 21.9 Å². The summed E-state index contributed by atoms with van der Waals surface area (Å²) in [7, 11) is 0. The lowest BCUT2D eigenvalue weighted by atomic mass is 10.2. The van der Waals surface area contributed by atoms with Gasteiger partial charge in [0.05, 0.1) is 5.56 Å². The summed E-state index contributed by atoms with van der Waals surface area (Å²) in [6, 6.07) is 2.10. The highest BCUT2D eigenvalue weighted by Crippen LogP contribution is 2.26. The number of nitrogens with one attached hydrogen (secondary N) is 1. The maximum absolute atomic E-state index is 13.6. The Hall–Kier alpha value is -1.83. The van der Waals surface area contributed by atoms with Crippen LogP contribution >= 0.6 is 15.9 Å². The third-order valence-corrected chi connectivity index (χ3v) is 2.37. The van der Waals surface area contributed by atoms with E-state index in [1.807, 2.05) is 0 Å². The summed E-state index contributed by atoms with van der Waals surface area (Å²) in [5.41, 5.74) is 3.95. The number of aromatic nitrogens is 3. The lowest BCUT2D eigenvalue weighted by Gasteiger charge is -2.04. The summed E-state index contributed by atoms with van der Waals surface area (Å²) >= 11 is 2.94. The quantitative estimate of drug-likeness (QED) is 0.835. The Kier molecular flexibility index (Phi) is 2.88. The summed E-state index contributed by atoms with van der Waals surface area (Å²) in [6.45, 7) is 0. The highest BCUT2D eigenvalue weighted by Gasteiger charge is 2.15. The summed E-state index contributed by atoms with van der Waals surface area (Å²) in [6.07, 6.45) is 0. The predicted octanol–water partition coefficient (Wildman–Crippen LogP) is 1.45. The number of benzene rings is 1. The molecule has 17 heavy (non-hydrogen) atoms. The Bertz CT molecular complexity index is 620. The fraction of sp³-hybridized carbons (Fsp3) is 0. The van der Waals surface area contributed by atoms with Crippen LogP contribution in [0.1, 0.15) is 0 Å². The molecule has 1 aromatic heterocycles. The number of anilines is 1. The highest BCUT2D eigenvalue weighted by molar-refractivity contribution is 9.10. The normalized spacial score (nSPS) is 10.5. The van der Waals surface area contributed by atoms with Crippen LogP contribution in [-0.2, 0) is 0 Å². The van der Waals surface area contributed by atoms with Crippen LogP contribution < -0.4 is 11.4 Å². The second-order valence-corrected chi connectivity index (χ2v) is 4.02. The molecule has 0 aliphatic heterocycles. The SMILES string of the molecule is Nc1nc(-c2c(F)cc(Br)cc2F)[nH]c(=O)n1. The van der Waals surface area contributed by atoms with Gasteiger partial charge in [-0.15, -0.1) is 0 Å². The first-order valence-electron chi connectivity index (χ1n) is 4.36. The van der Waals surface area contributed by atoms with Crippen LogP contribution in [0.3, 0.4) is 0 Å². The molecule has 2 aromatic rings. The van der Waals surface area contributed by atoms with E-state index in [9.17, 15) is 13.6 Å². The number of rotatable bonds is 1. The van der Waals surface area contributed by atoms with E-state index in [0.29, 0.717) is 0 Å². The fourth-order valence-electron chi connectivity index (χ4n) is 1.29. The number of aromatic amines is 1. The molecule has 5 nitrogen and oxygen atoms in total. The Morgan fingerprint density at radius 1 is 1.24 bits per heavy atom. The first-order chi connectivity index (χ1) is 7.97. The van der Waals surface area contributed by atoms with Crippen molar-refractivity contribution in [1.29, 1.82) is 0 Å². The van der Waals surface area contributed by atoms with Crippen molar-refractivity contribution in [2.45, 2.75) is 0 Å². The van der Waals surface area contributed by atoms with Crippen LogP contribution in [0.25, 0.3) is 11.4 Å². The number of hydrogen-bond acceptors (Lipinski definition) is 4. The van der Waals surface area contributed by atoms with Crippen molar-refractivity contribution in [3.63, 3.8) is 0 Å². The van der Waals surface area contributed by atoms with Gasteiger partial charge in [0, 0.05) is 4.47 Å². The van der Waals surface area contributed by atoms with E-state index in [1.54, 1.807) is 0 Å². The largest absolute Gasteiger partial charge is 0.368 e. The minimum absolute atomic E-state index is 0.237. The first kappa shape index (κ1) is 11.6. The molecule has 0 amide bonds. The number of hydrogen-bond donors (Lipinski definition) is 2. The van der Waals surface area contributed by atoms with Gasteiger partial charge in [0.2, 0.25) is 5.95 Å². The van der Waals surface area contributed by atoms with Gasteiger partial charge in [-0.3, -0.25) is 4.98 Å². The van der Waals surface area contributed by atoms with Crippen molar-refractivity contribution in [3.05, 3.63) is 38.7 Å². The van der Waals surface area contributed by atoms with E-state index in [2.05, 4.69) is 30.9 Å². The molecular weight excluding hydrogens is 298 g/mol. The number of nitrogen functional groups attached to an aromatic ring is 1. The molecule has 0 bridgehead atoms. The molecule has 0 aliphatic carbocycles. The Morgan fingerprint density at radius 2 is 1.82 bits per heavy atom. The van der Waals surface area contributed by atoms with Crippen molar-refractivity contribution < 1.29 is 8.78 Å². The molecular formula is C9H5BrF2N4O. The number of nitrogens with zero attached hydrogens (tertiary/aromatic N) is 2. The molecule has 8 heteroatoms. The monoisotopic (exact) mass is 302 g/mol. The number of halogens is 3. The smallest absolute Gasteiger partial charge is 0.349 e. The van der Waals surface area contributed by atoms with Crippen LogP contribution in [0.4, 0.5) is 14.7 Å². The lowest BCUT2D eigenvalue weighted by molar-refractivity contribution is 0.585. The van der Waals surface area contributed by atoms with Crippen LogP contribution in [0.15, 0.2) is 21.4 Å². The van der Waals surface area contributed by atoms with Crippen molar-refractivity contribution in [2.24, 2.45) is 0 Å². The first-order valence-corrected chi connectivity index (χ1v) is 5.15. The van der Waals surface area contributed by atoms with E-state index in [4.69, 9.17) is 5.73 Å². The van der Waals surface area contributed by atoms with Gasteiger partial charge in [0.15, 0.2) is 5.82 Å². The lowest BCUT2D eigenvalue weighted by Crippen LogP contribution is -2.16. The second kappa shape index (κ2) is 4.21. The van der Waals surface area contributed by atoms with E-state index >= 15 is 0 Å². The van der Waals surface area contributed by atoms with Gasteiger partial charge >= 0.3 is 5.69 Å². The molecule has 0 saturated heterocycles. The van der Waals surface area contributed by atoms with Crippen molar-refractivity contribution in [1.82, 2.24) is 15.0 Å². The van der Waals surface area contributed by atoms with E-state index < -0.39 is 22.9 Å². The third-order valence-electron chi connectivity index (χ3n) is 1.91. The fourth-order valence-corrected chi connectivity index (χ4v) is 1.69. The molecule has 0 atom stereocenters. The van der Waals surface area contributed by atoms with Crippen molar-refractivity contribution in [2.75, 3.05) is 5.73 Å². The van der Waals surface area contributed by atoms with E-state index in [1.165, 1.54) is 0 Å². The molecule has 0 saturated carbocycles. The van der Waals surface area contributed by atoms with Crippen LogP contribution in [0, 0.1) is 11.6 Å². The van der Waals surface area contributed by atoms with Gasteiger partial charge in [0.1, 0.15) is 11.6 Å². The maximum atomic E-state index is 13.6. The van der Waals surface area contributed by atoms with E-state index in [-0.39, 0.29) is 16.2 Å². The predicted molar refractivity (Wildman–Crippen MR) is 60.1 cm³/mol. The third kappa shape index (κ3) is 2.31. The average Bonchev–Trinajstić information content (AvgIpc) is 2.13. The van der Waals surface area contributed by atoms with Gasteiger partial charge in [-0.05, 0) is 12.1 Å². The van der Waals surface area contributed by atoms with E-state index in [0.717, 1.165) is 12.1 Å².